The number of nitrogens with one attached hydrogen (secondary N) is 2. The Labute approximate surface area is 211 Å². The van der Waals surface area contributed by atoms with Crippen LogP contribution in [0.2, 0.25) is 0 Å². The molecule has 0 fully saturated rings. The van der Waals surface area contributed by atoms with Crippen molar-refractivity contribution in [3.05, 3.63) is 89.6 Å². The number of anilines is 1. The molecule has 4 rings (SSSR count). The van der Waals surface area contributed by atoms with E-state index in [1.54, 1.807) is 6.20 Å². The van der Waals surface area contributed by atoms with Crippen LogP contribution in [0.15, 0.2) is 66.9 Å². The van der Waals surface area contributed by atoms with E-state index in [2.05, 4.69) is 39.3 Å². The van der Waals surface area contributed by atoms with Gasteiger partial charge in [0.15, 0.2) is 0 Å². The number of hydrogen-bond donors (Lipinski definition) is 2. The molecule has 2 aromatic carbocycles. The summed E-state index contributed by atoms with van der Waals surface area (Å²) in [5, 5.41) is 10.9. The molecule has 0 atom stereocenters. The number of aryl methyl sites for hydroxylation is 1. The van der Waals surface area contributed by atoms with Gasteiger partial charge in [-0.25, -0.2) is 4.98 Å². The van der Waals surface area contributed by atoms with Crippen LogP contribution in [-0.4, -0.2) is 45.9 Å². The molecule has 0 aliphatic rings. The van der Waals surface area contributed by atoms with E-state index < -0.39 is 5.91 Å². The minimum Gasteiger partial charge on any atom is -0.491 e. The summed E-state index contributed by atoms with van der Waals surface area (Å²) in [6.45, 7) is 8.02. The zero-order valence-corrected chi connectivity index (χ0v) is 20.8. The smallest absolute Gasteiger partial charge is 0.294 e. The Hall–Kier alpha value is -4.04. The first-order valence-electron chi connectivity index (χ1n) is 12.0. The summed E-state index contributed by atoms with van der Waals surface area (Å²) < 4.78 is 11.5. The van der Waals surface area contributed by atoms with Crippen molar-refractivity contribution in [1.29, 1.82) is 0 Å². The predicted molar refractivity (Wildman–Crippen MR) is 139 cm³/mol. The van der Waals surface area contributed by atoms with Crippen LogP contribution in [0.3, 0.4) is 0 Å². The highest BCUT2D eigenvalue weighted by Gasteiger charge is 2.14. The topological polar surface area (TPSA) is 102 Å². The Morgan fingerprint density at radius 2 is 1.86 bits per heavy atom. The number of nitrogens with zero attached hydrogens (tertiary/aromatic N) is 3. The van der Waals surface area contributed by atoms with Crippen LogP contribution < -0.4 is 10.1 Å². The molecule has 0 saturated heterocycles. The molecule has 0 unspecified atom stereocenters. The van der Waals surface area contributed by atoms with Gasteiger partial charge in [0.25, 0.3) is 5.91 Å². The summed E-state index contributed by atoms with van der Waals surface area (Å²) in [7, 11) is 0. The number of carbonyl (C=O) groups excluding carboxylic acids is 1. The third-order valence-corrected chi connectivity index (χ3v) is 5.43. The average molecular weight is 486 g/mol. The molecular weight excluding hydrogens is 454 g/mol. The van der Waals surface area contributed by atoms with Crippen LogP contribution in [0.25, 0.3) is 11.1 Å². The number of aromatic amines is 1. The van der Waals surface area contributed by atoms with Crippen LogP contribution in [-0.2, 0) is 11.2 Å². The Bertz CT molecular complexity index is 1290. The standard InChI is InChI=1S/C28H31N5O3/c1-19(2)18-35-13-14-36-23-10-9-20(3)24(17-23)22-11-12-29-25(16-22)31-28(34)27-30-26(32-33-27)15-21-7-5-4-6-8-21/h4-12,16-17,19H,13-15,18H2,1-3H3,(H,29,31,34)(H,30,32,33). The normalized spacial score (nSPS) is 11.0. The van der Waals surface area contributed by atoms with Gasteiger partial charge in [0.2, 0.25) is 5.82 Å². The van der Waals surface area contributed by atoms with Gasteiger partial charge in [-0.1, -0.05) is 50.2 Å². The lowest BCUT2D eigenvalue weighted by Gasteiger charge is -2.12. The van der Waals surface area contributed by atoms with E-state index in [1.165, 1.54) is 0 Å². The highest BCUT2D eigenvalue weighted by atomic mass is 16.5. The van der Waals surface area contributed by atoms with Gasteiger partial charge in [0.05, 0.1) is 6.61 Å². The van der Waals surface area contributed by atoms with Crippen molar-refractivity contribution >= 4 is 11.7 Å². The second kappa shape index (κ2) is 12.1. The van der Waals surface area contributed by atoms with Crippen molar-refractivity contribution in [3.63, 3.8) is 0 Å². The van der Waals surface area contributed by atoms with E-state index >= 15 is 0 Å². The number of amides is 1. The fraction of sp³-hybridized carbons (Fsp3) is 0.286. The summed E-state index contributed by atoms with van der Waals surface area (Å²) in [4.78, 5) is 20.0. The van der Waals surface area contributed by atoms with E-state index in [9.17, 15) is 4.79 Å². The molecule has 0 aliphatic heterocycles. The van der Waals surface area contributed by atoms with Crippen molar-refractivity contribution in [2.75, 3.05) is 25.1 Å². The lowest BCUT2D eigenvalue weighted by Crippen LogP contribution is -2.14. The van der Waals surface area contributed by atoms with Crippen LogP contribution in [0.4, 0.5) is 5.82 Å². The molecule has 2 heterocycles. The van der Waals surface area contributed by atoms with Gasteiger partial charge in [-0.15, -0.1) is 10.2 Å². The SMILES string of the molecule is Cc1ccc(OCCOCC(C)C)cc1-c1ccnc(NC(=O)c2nnc(Cc3ccccc3)[nH]2)c1. The van der Waals surface area contributed by atoms with E-state index in [0.29, 0.717) is 37.2 Å². The molecule has 2 N–H and O–H groups in total. The van der Waals surface area contributed by atoms with E-state index in [0.717, 1.165) is 34.6 Å². The predicted octanol–water partition coefficient (Wildman–Crippen LogP) is 5.07. The maximum Gasteiger partial charge on any atom is 0.294 e. The second-order valence-electron chi connectivity index (χ2n) is 8.96. The molecule has 0 bridgehead atoms. The van der Waals surface area contributed by atoms with Crippen LogP contribution in [0.1, 0.15) is 41.4 Å². The average Bonchev–Trinajstić information content (AvgIpc) is 3.34. The maximum atomic E-state index is 12.7. The first-order chi connectivity index (χ1) is 17.5. The van der Waals surface area contributed by atoms with Gasteiger partial charge >= 0.3 is 0 Å². The lowest BCUT2D eigenvalue weighted by molar-refractivity contribution is 0.0819. The Kier molecular flexibility index (Phi) is 8.41. The van der Waals surface area contributed by atoms with Gasteiger partial charge in [-0.05, 0) is 59.4 Å². The summed E-state index contributed by atoms with van der Waals surface area (Å²) in [6.07, 6.45) is 2.23. The Morgan fingerprint density at radius 1 is 1.03 bits per heavy atom. The zero-order valence-electron chi connectivity index (χ0n) is 20.8. The first-order valence-corrected chi connectivity index (χ1v) is 12.0. The van der Waals surface area contributed by atoms with Crippen LogP contribution in [0, 0.1) is 12.8 Å². The second-order valence-corrected chi connectivity index (χ2v) is 8.96. The molecule has 0 radical (unpaired) electrons. The number of ether oxygens (including phenoxy) is 2. The zero-order chi connectivity index (χ0) is 25.3. The largest absolute Gasteiger partial charge is 0.491 e. The van der Waals surface area contributed by atoms with Gasteiger partial charge in [-0.2, -0.15) is 0 Å². The molecule has 0 spiro atoms. The number of pyridine rings is 1. The maximum absolute atomic E-state index is 12.7. The van der Waals surface area contributed by atoms with Gasteiger partial charge in [0.1, 0.15) is 24.0 Å². The number of rotatable bonds is 11. The number of hydrogen-bond acceptors (Lipinski definition) is 6. The van der Waals surface area contributed by atoms with E-state index in [4.69, 9.17) is 9.47 Å². The summed E-state index contributed by atoms with van der Waals surface area (Å²) >= 11 is 0. The minimum atomic E-state index is -0.401. The summed E-state index contributed by atoms with van der Waals surface area (Å²) in [6, 6.07) is 19.6. The van der Waals surface area contributed by atoms with Gasteiger partial charge < -0.3 is 19.8 Å². The lowest BCUT2D eigenvalue weighted by atomic mass is 10.0. The van der Waals surface area contributed by atoms with Crippen LogP contribution >= 0.6 is 0 Å². The molecule has 186 valence electrons. The first kappa shape index (κ1) is 25.1. The van der Waals surface area contributed by atoms with Crippen molar-refractivity contribution < 1.29 is 14.3 Å². The van der Waals surface area contributed by atoms with Crippen molar-refractivity contribution in [1.82, 2.24) is 20.2 Å². The molecule has 8 heteroatoms. The fourth-order valence-electron chi connectivity index (χ4n) is 3.65. The van der Waals surface area contributed by atoms with E-state index in [-0.39, 0.29) is 5.82 Å². The molecule has 2 aromatic heterocycles. The summed E-state index contributed by atoms with van der Waals surface area (Å²) in [5.74, 6) is 2.04. The molecule has 0 saturated carbocycles. The fourth-order valence-corrected chi connectivity index (χ4v) is 3.65. The number of H-pyrrole nitrogens is 1. The van der Waals surface area contributed by atoms with E-state index in [1.807, 2.05) is 67.6 Å². The molecule has 4 aromatic rings. The minimum absolute atomic E-state index is 0.138. The Balaban J connectivity index is 1.40. The third kappa shape index (κ3) is 6.99. The van der Waals surface area contributed by atoms with Gasteiger partial charge in [-0.3, -0.25) is 4.79 Å². The van der Waals surface area contributed by atoms with Crippen molar-refractivity contribution in [3.8, 4) is 16.9 Å². The summed E-state index contributed by atoms with van der Waals surface area (Å²) in [5.41, 5.74) is 4.09. The number of benzene rings is 2. The number of aromatic nitrogens is 4. The molecule has 36 heavy (non-hydrogen) atoms. The number of carbonyl (C=O) groups is 1. The highest BCUT2D eigenvalue weighted by molar-refractivity contribution is 6.01. The highest BCUT2D eigenvalue weighted by Crippen LogP contribution is 2.29. The molecular formula is C28H31N5O3. The van der Waals surface area contributed by atoms with Crippen LogP contribution in [0.5, 0.6) is 5.75 Å². The molecule has 8 nitrogen and oxygen atoms in total. The van der Waals surface area contributed by atoms with Crippen molar-refractivity contribution in [2.45, 2.75) is 27.2 Å². The monoisotopic (exact) mass is 485 g/mol. The van der Waals surface area contributed by atoms with Gasteiger partial charge in [0, 0.05) is 19.2 Å². The molecule has 1 amide bonds. The quantitative estimate of drug-likeness (QED) is 0.288. The third-order valence-electron chi connectivity index (χ3n) is 5.43. The Morgan fingerprint density at radius 3 is 2.67 bits per heavy atom. The molecule has 0 aliphatic carbocycles. The van der Waals surface area contributed by atoms with Crippen molar-refractivity contribution in [2.24, 2.45) is 5.92 Å².